The largest absolute Gasteiger partial charge is 0.496 e. The average molecular weight is 304 g/mol. The molecule has 6 nitrogen and oxygen atoms in total. The highest BCUT2D eigenvalue weighted by atomic mass is 16.5. The Morgan fingerprint density at radius 2 is 2.23 bits per heavy atom. The van der Waals surface area contributed by atoms with Crippen molar-refractivity contribution in [3.05, 3.63) is 23.3 Å². The third-order valence-electron chi connectivity index (χ3n) is 4.36. The van der Waals surface area contributed by atoms with Gasteiger partial charge in [-0.25, -0.2) is 10.2 Å². The molecule has 0 bridgehead atoms. The fourth-order valence-electron chi connectivity index (χ4n) is 3.05. The molecule has 0 spiro atoms. The Hall–Kier alpha value is -2.24. The fourth-order valence-corrected chi connectivity index (χ4v) is 3.05. The van der Waals surface area contributed by atoms with Crippen LogP contribution in [0.3, 0.4) is 0 Å². The van der Waals surface area contributed by atoms with Crippen molar-refractivity contribution in [3.8, 4) is 5.75 Å². The van der Waals surface area contributed by atoms with Crippen LogP contribution in [0, 0.1) is 0 Å². The van der Waals surface area contributed by atoms with Crippen molar-refractivity contribution in [1.82, 2.24) is 5.43 Å². The van der Waals surface area contributed by atoms with Gasteiger partial charge in [-0.05, 0) is 37.8 Å². The molecule has 1 unspecified atom stereocenters. The Morgan fingerprint density at radius 1 is 1.55 bits per heavy atom. The van der Waals surface area contributed by atoms with E-state index in [9.17, 15) is 4.79 Å². The number of rotatable bonds is 3. The third kappa shape index (κ3) is 3.00. The summed E-state index contributed by atoms with van der Waals surface area (Å²) in [7, 11) is 3.73. The quantitative estimate of drug-likeness (QED) is 0.665. The first kappa shape index (κ1) is 16.1. The molecule has 1 heterocycles. The Morgan fingerprint density at radius 3 is 2.82 bits per heavy atom. The van der Waals surface area contributed by atoms with Gasteiger partial charge in [0.1, 0.15) is 5.75 Å². The van der Waals surface area contributed by atoms with Crippen molar-refractivity contribution in [3.63, 3.8) is 0 Å². The molecule has 120 valence electrons. The van der Waals surface area contributed by atoms with Crippen molar-refractivity contribution < 1.29 is 9.53 Å². The second kappa shape index (κ2) is 5.87. The van der Waals surface area contributed by atoms with Gasteiger partial charge in [-0.3, -0.25) is 0 Å². The summed E-state index contributed by atoms with van der Waals surface area (Å²) < 4.78 is 5.46. The van der Waals surface area contributed by atoms with Crippen molar-refractivity contribution in [2.45, 2.75) is 38.6 Å². The molecule has 1 atom stereocenters. The number of hydrogen-bond acceptors (Lipinski definition) is 4. The topological polar surface area (TPSA) is 80.0 Å². The van der Waals surface area contributed by atoms with Crippen molar-refractivity contribution in [2.75, 3.05) is 19.1 Å². The molecular formula is C16H24N4O2. The van der Waals surface area contributed by atoms with Gasteiger partial charge in [-0.15, -0.1) is 0 Å². The van der Waals surface area contributed by atoms with E-state index >= 15 is 0 Å². The summed E-state index contributed by atoms with van der Waals surface area (Å²) in [6.07, 6.45) is 2.62. The molecule has 3 N–H and O–H groups in total. The minimum absolute atomic E-state index is 0.0978. The number of fused-ring (bicyclic) bond motifs is 1. The first-order chi connectivity index (χ1) is 10.3. The lowest BCUT2D eigenvalue weighted by Gasteiger charge is -2.45. The predicted octanol–water partition coefficient (Wildman–Crippen LogP) is 2.42. The van der Waals surface area contributed by atoms with Crippen LogP contribution in [0.4, 0.5) is 10.5 Å². The number of carbonyl (C=O) groups excluding carboxylic acids is 1. The molecule has 2 rings (SSSR count). The zero-order chi connectivity index (χ0) is 16.5. The summed E-state index contributed by atoms with van der Waals surface area (Å²) in [6, 6.07) is 3.40. The monoisotopic (exact) mass is 304 g/mol. The first-order valence-electron chi connectivity index (χ1n) is 7.30. The second-order valence-electron chi connectivity index (χ2n) is 6.36. The molecule has 1 aromatic rings. The van der Waals surface area contributed by atoms with Crippen LogP contribution in [-0.2, 0) is 0 Å². The van der Waals surface area contributed by atoms with Crippen molar-refractivity contribution >= 4 is 17.9 Å². The van der Waals surface area contributed by atoms with Crippen LogP contribution in [0.1, 0.15) is 44.2 Å². The lowest BCUT2D eigenvalue weighted by molar-refractivity contribution is 0.249. The van der Waals surface area contributed by atoms with E-state index in [-0.39, 0.29) is 5.54 Å². The van der Waals surface area contributed by atoms with Crippen LogP contribution in [0.25, 0.3) is 0 Å². The lowest BCUT2D eigenvalue weighted by Crippen LogP contribution is -2.45. The molecule has 0 aromatic heterocycles. The van der Waals surface area contributed by atoms with E-state index in [2.05, 4.69) is 49.3 Å². The van der Waals surface area contributed by atoms with Crippen LogP contribution in [0.5, 0.6) is 5.75 Å². The molecule has 0 radical (unpaired) electrons. The number of hydrogen-bond donors (Lipinski definition) is 2. The fraction of sp³-hybridized carbons (Fsp3) is 0.500. The number of nitrogens with two attached hydrogens (primary N) is 1. The number of amides is 2. The zero-order valence-corrected chi connectivity index (χ0v) is 13.8. The van der Waals surface area contributed by atoms with E-state index in [1.54, 1.807) is 13.3 Å². The molecule has 0 saturated carbocycles. The Balaban J connectivity index is 2.46. The average Bonchev–Trinajstić information content (AvgIpc) is 2.43. The van der Waals surface area contributed by atoms with Crippen LogP contribution >= 0.6 is 0 Å². The second-order valence-corrected chi connectivity index (χ2v) is 6.36. The molecule has 2 amide bonds. The van der Waals surface area contributed by atoms with Gasteiger partial charge in [0.05, 0.1) is 13.3 Å². The molecule has 1 aromatic carbocycles. The van der Waals surface area contributed by atoms with E-state index in [1.165, 1.54) is 11.3 Å². The number of nitrogens with zero attached hydrogens (tertiary/aromatic N) is 2. The van der Waals surface area contributed by atoms with E-state index in [0.29, 0.717) is 11.7 Å². The number of methoxy groups -OCH3 is 1. The zero-order valence-electron chi connectivity index (χ0n) is 13.8. The summed E-state index contributed by atoms with van der Waals surface area (Å²) in [4.78, 5) is 13.0. The van der Waals surface area contributed by atoms with Gasteiger partial charge in [0.2, 0.25) is 0 Å². The predicted molar refractivity (Wildman–Crippen MR) is 88.8 cm³/mol. The Kier molecular flexibility index (Phi) is 4.30. The molecule has 0 saturated heterocycles. The first-order valence-corrected chi connectivity index (χ1v) is 7.30. The number of ether oxygens (including phenoxy) is 1. The Labute approximate surface area is 131 Å². The molecule has 0 aliphatic carbocycles. The van der Waals surface area contributed by atoms with Gasteiger partial charge in [-0.1, -0.05) is 6.92 Å². The van der Waals surface area contributed by atoms with Gasteiger partial charge in [0.25, 0.3) is 0 Å². The number of nitrogens with one attached hydrogen (secondary N) is 1. The molecule has 6 heteroatoms. The maximum absolute atomic E-state index is 10.7. The third-order valence-corrected chi connectivity index (χ3v) is 4.36. The van der Waals surface area contributed by atoms with E-state index in [0.717, 1.165) is 12.0 Å². The molecule has 22 heavy (non-hydrogen) atoms. The number of urea groups is 1. The maximum Gasteiger partial charge on any atom is 0.332 e. The number of anilines is 1. The van der Waals surface area contributed by atoms with Crippen molar-refractivity contribution in [1.29, 1.82) is 0 Å². The van der Waals surface area contributed by atoms with E-state index in [4.69, 9.17) is 10.5 Å². The number of hydrazone groups is 1. The highest BCUT2D eigenvalue weighted by molar-refractivity contribution is 5.87. The number of primary amides is 1. The van der Waals surface area contributed by atoms with E-state index in [1.807, 2.05) is 6.07 Å². The van der Waals surface area contributed by atoms with Crippen LogP contribution in [-0.4, -0.2) is 31.9 Å². The number of benzene rings is 1. The van der Waals surface area contributed by atoms with Crippen LogP contribution in [0.2, 0.25) is 0 Å². The maximum atomic E-state index is 10.7. The van der Waals surface area contributed by atoms with E-state index < -0.39 is 6.03 Å². The lowest BCUT2D eigenvalue weighted by atomic mass is 9.80. The normalized spacial score (nSPS) is 19.9. The van der Waals surface area contributed by atoms with Gasteiger partial charge in [0, 0.05) is 29.9 Å². The summed E-state index contributed by atoms with van der Waals surface area (Å²) in [6.45, 7) is 6.71. The minimum atomic E-state index is -0.692. The molecule has 1 aliphatic heterocycles. The van der Waals surface area contributed by atoms with Crippen LogP contribution < -0.4 is 20.8 Å². The standard InChI is InChI=1S/C16H24N4O2/c1-10-8-16(2,3)20(4)13-7-14(22-5)11(6-12(10)13)9-18-19-15(17)21/h6-7,9-10H,8H2,1-5H3,(H3,17,19,21)/b18-9-. The Bertz CT molecular complexity index is 610. The van der Waals surface area contributed by atoms with Gasteiger partial charge in [-0.2, -0.15) is 5.10 Å². The van der Waals surface area contributed by atoms with Gasteiger partial charge in [0.15, 0.2) is 0 Å². The highest BCUT2D eigenvalue weighted by Gasteiger charge is 2.34. The summed E-state index contributed by atoms with van der Waals surface area (Å²) in [5, 5.41) is 3.83. The molecule has 0 fully saturated rings. The summed E-state index contributed by atoms with van der Waals surface area (Å²) in [5.74, 6) is 1.15. The number of carbonyl (C=O) groups is 1. The highest BCUT2D eigenvalue weighted by Crippen LogP contribution is 2.44. The minimum Gasteiger partial charge on any atom is -0.496 e. The summed E-state index contributed by atoms with van der Waals surface area (Å²) >= 11 is 0. The van der Waals surface area contributed by atoms with Gasteiger partial charge >= 0.3 is 6.03 Å². The SMILES string of the molecule is COc1cc2c(cc1/C=N\NC(N)=O)C(C)CC(C)(C)N2C. The van der Waals surface area contributed by atoms with Gasteiger partial charge < -0.3 is 15.4 Å². The summed E-state index contributed by atoms with van der Waals surface area (Å²) in [5.41, 5.74) is 10.5. The molecular weight excluding hydrogens is 280 g/mol. The molecule has 1 aliphatic rings. The smallest absolute Gasteiger partial charge is 0.332 e. The van der Waals surface area contributed by atoms with Crippen molar-refractivity contribution in [2.24, 2.45) is 10.8 Å². The van der Waals surface area contributed by atoms with Crippen LogP contribution in [0.15, 0.2) is 17.2 Å².